The molecule has 2 nitrogen and oxygen atoms in total. The Morgan fingerprint density at radius 3 is 2.08 bits per heavy atom. The Bertz CT molecular complexity index is 124. The van der Waals surface area contributed by atoms with Crippen LogP contribution < -0.4 is 5.73 Å². The molecule has 1 rings (SSSR count). The van der Waals surface area contributed by atoms with Gasteiger partial charge in [-0.05, 0) is 18.8 Å². The highest BCUT2D eigenvalue weighted by molar-refractivity contribution is 5.85. The minimum atomic E-state index is -0.132. The summed E-state index contributed by atoms with van der Waals surface area (Å²) in [7, 11) is 0. The van der Waals surface area contributed by atoms with Crippen molar-refractivity contribution in [1.82, 2.24) is 0 Å². The number of primary amides is 1. The van der Waals surface area contributed by atoms with Crippen LogP contribution in [0, 0.1) is 5.92 Å². The van der Waals surface area contributed by atoms with Crippen LogP contribution in [-0.2, 0) is 4.79 Å². The molecule has 1 aliphatic rings. The molecule has 0 radical (unpaired) electrons. The number of hydrogen-bond acceptors (Lipinski definition) is 1. The smallest absolute Gasteiger partial charge is 0.217 e. The van der Waals surface area contributed by atoms with Crippen LogP contribution in [0.3, 0.4) is 0 Å². The van der Waals surface area contributed by atoms with Gasteiger partial charge in [-0.2, -0.15) is 0 Å². The maximum atomic E-state index is 10.5. The molecule has 1 fully saturated rings. The minimum Gasteiger partial charge on any atom is -0.370 e. The van der Waals surface area contributed by atoms with E-state index in [1.807, 2.05) is 0 Å². The zero-order chi connectivity index (χ0) is 7.40. The highest BCUT2D eigenvalue weighted by atomic mass is 35.5. The highest BCUT2D eigenvalue weighted by Crippen LogP contribution is 2.25. The molecule has 74 valence electrons. The molecule has 0 aromatic heterocycles. The minimum absolute atomic E-state index is 0. The topological polar surface area (TPSA) is 43.1 Å². The van der Waals surface area contributed by atoms with Crippen LogP contribution in [0.4, 0.5) is 0 Å². The average Bonchev–Trinajstić information content (AvgIpc) is 1.88. The fourth-order valence-corrected chi connectivity index (χ4v) is 1.68. The molecule has 0 unspecified atom stereocenters. The lowest BCUT2D eigenvalue weighted by Crippen LogP contribution is -2.18. The highest BCUT2D eigenvalue weighted by Gasteiger charge is 2.14. The Morgan fingerprint density at radius 2 is 1.67 bits per heavy atom. The summed E-state index contributed by atoms with van der Waals surface area (Å²) in [6.45, 7) is 0. The van der Waals surface area contributed by atoms with E-state index in [0.717, 1.165) is 0 Å². The lowest BCUT2D eigenvalue weighted by molar-refractivity contribution is -0.119. The summed E-state index contributed by atoms with van der Waals surface area (Å²) >= 11 is 0. The second-order valence-electron chi connectivity index (χ2n) is 3.17. The van der Waals surface area contributed by atoms with Crippen LogP contribution in [0.15, 0.2) is 0 Å². The first kappa shape index (κ1) is 14.6. The van der Waals surface area contributed by atoms with Crippen LogP contribution in [0.2, 0.25) is 0 Å². The van der Waals surface area contributed by atoms with Gasteiger partial charge in [0.2, 0.25) is 5.91 Å². The van der Waals surface area contributed by atoms with Crippen LogP contribution in [0.1, 0.15) is 38.5 Å². The van der Waals surface area contributed by atoms with Gasteiger partial charge in [-0.15, -0.1) is 24.8 Å². The number of halogens is 2. The number of carbonyl (C=O) groups excluding carboxylic acids is 1. The summed E-state index contributed by atoms with van der Waals surface area (Å²) in [6, 6.07) is 0. The fourth-order valence-electron chi connectivity index (χ4n) is 1.68. The van der Waals surface area contributed by atoms with E-state index in [9.17, 15) is 4.79 Å². The van der Waals surface area contributed by atoms with Crippen LogP contribution >= 0.6 is 24.8 Å². The molecule has 0 aliphatic heterocycles. The van der Waals surface area contributed by atoms with Crippen LogP contribution in [-0.4, -0.2) is 5.91 Å². The third-order valence-electron chi connectivity index (χ3n) is 2.21. The van der Waals surface area contributed by atoms with E-state index < -0.39 is 0 Å². The monoisotopic (exact) mass is 213 g/mol. The Balaban J connectivity index is 0. The van der Waals surface area contributed by atoms with E-state index in [2.05, 4.69) is 0 Å². The molecule has 0 aromatic rings. The lowest BCUT2D eigenvalue weighted by Gasteiger charge is -2.19. The maximum Gasteiger partial charge on any atom is 0.217 e. The molecule has 0 spiro atoms. The van der Waals surface area contributed by atoms with Crippen molar-refractivity contribution in [3.8, 4) is 0 Å². The average molecular weight is 214 g/mol. The van der Waals surface area contributed by atoms with Gasteiger partial charge in [-0.3, -0.25) is 4.79 Å². The first-order valence-corrected chi connectivity index (χ1v) is 4.07. The summed E-state index contributed by atoms with van der Waals surface area (Å²) in [5.74, 6) is 0.471. The summed E-state index contributed by atoms with van der Waals surface area (Å²) in [4.78, 5) is 10.5. The Labute approximate surface area is 86.1 Å². The van der Waals surface area contributed by atoms with Crippen molar-refractivity contribution in [2.24, 2.45) is 11.7 Å². The molecule has 12 heavy (non-hydrogen) atoms. The molecular weight excluding hydrogens is 197 g/mol. The number of amides is 1. The zero-order valence-corrected chi connectivity index (χ0v) is 8.76. The van der Waals surface area contributed by atoms with Crippen molar-refractivity contribution in [3.63, 3.8) is 0 Å². The van der Waals surface area contributed by atoms with Gasteiger partial charge in [0.25, 0.3) is 0 Å². The maximum absolute atomic E-state index is 10.5. The molecule has 4 heteroatoms. The third-order valence-corrected chi connectivity index (χ3v) is 2.21. The van der Waals surface area contributed by atoms with Crippen LogP contribution in [0.25, 0.3) is 0 Å². The number of nitrogens with two attached hydrogens (primary N) is 1. The zero-order valence-electron chi connectivity index (χ0n) is 7.12. The summed E-state index contributed by atoms with van der Waals surface area (Å²) in [5, 5.41) is 0. The fraction of sp³-hybridized carbons (Fsp3) is 0.875. The number of carbonyl (C=O) groups is 1. The first-order valence-electron chi connectivity index (χ1n) is 4.07. The van der Waals surface area contributed by atoms with Gasteiger partial charge in [0, 0.05) is 6.42 Å². The first-order chi connectivity index (χ1) is 4.79. The van der Waals surface area contributed by atoms with Crippen molar-refractivity contribution in [2.75, 3.05) is 0 Å². The van der Waals surface area contributed by atoms with E-state index >= 15 is 0 Å². The summed E-state index contributed by atoms with van der Waals surface area (Å²) in [5.41, 5.74) is 5.08. The summed E-state index contributed by atoms with van der Waals surface area (Å²) < 4.78 is 0. The third kappa shape index (κ3) is 5.67. The van der Waals surface area contributed by atoms with Gasteiger partial charge in [-0.25, -0.2) is 0 Å². The largest absolute Gasteiger partial charge is 0.370 e. The van der Waals surface area contributed by atoms with E-state index in [1.165, 1.54) is 32.1 Å². The van der Waals surface area contributed by atoms with Gasteiger partial charge in [0.05, 0.1) is 0 Å². The second kappa shape index (κ2) is 7.69. The van der Waals surface area contributed by atoms with E-state index in [4.69, 9.17) is 5.73 Å². The van der Waals surface area contributed by atoms with Gasteiger partial charge < -0.3 is 5.73 Å². The molecule has 0 bridgehead atoms. The number of hydrogen-bond donors (Lipinski definition) is 1. The molecular formula is C8H17Cl2NO. The van der Waals surface area contributed by atoms with Crippen molar-refractivity contribution in [1.29, 1.82) is 0 Å². The van der Waals surface area contributed by atoms with Gasteiger partial charge in [-0.1, -0.05) is 19.3 Å². The molecule has 1 saturated carbocycles. The standard InChI is InChI=1S/C8H15NO.2ClH/c9-8(10)6-7-4-2-1-3-5-7;;/h7H,1-6H2,(H2,9,10);2*1H. The Morgan fingerprint density at radius 1 is 1.17 bits per heavy atom. The Kier molecular flexibility index (Phi) is 9.33. The van der Waals surface area contributed by atoms with Crippen molar-refractivity contribution >= 4 is 30.7 Å². The molecule has 0 saturated heterocycles. The molecule has 2 N–H and O–H groups in total. The molecule has 1 aliphatic carbocycles. The Hall–Kier alpha value is 0.0500. The lowest BCUT2D eigenvalue weighted by atomic mass is 9.87. The predicted molar refractivity (Wildman–Crippen MR) is 54.9 cm³/mol. The van der Waals surface area contributed by atoms with Gasteiger partial charge >= 0.3 is 0 Å². The van der Waals surface area contributed by atoms with E-state index in [0.29, 0.717) is 12.3 Å². The molecule has 0 aromatic carbocycles. The van der Waals surface area contributed by atoms with Gasteiger partial charge in [0.15, 0.2) is 0 Å². The molecule has 0 atom stereocenters. The molecule has 0 heterocycles. The molecule has 1 amide bonds. The van der Waals surface area contributed by atoms with Crippen molar-refractivity contribution in [2.45, 2.75) is 38.5 Å². The van der Waals surface area contributed by atoms with Crippen molar-refractivity contribution < 1.29 is 4.79 Å². The summed E-state index contributed by atoms with van der Waals surface area (Å²) in [6.07, 6.45) is 6.96. The quantitative estimate of drug-likeness (QED) is 0.752. The van der Waals surface area contributed by atoms with Gasteiger partial charge in [0.1, 0.15) is 0 Å². The van der Waals surface area contributed by atoms with E-state index in [-0.39, 0.29) is 30.7 Å². The van der Waals surface area contributed by atoms with Crippen molar-refractivity contribution in [3.05, 3.63) is 0 Å². The normalized spacial score (nSPS) is 17.3. The number of rotatable bonds is 2. The van der Waals surface area contributed by atoms with Crippen LogP contribution in [0.5, 0.6) is 0 Å². The predicted octanol–water partition coefficient (Wildman–Crippen LogP) is 2.29. The second-order valence-corrected chi connectivity index (χ2v) is 3.17. The SMILES string of the molecule is Cl.Cl.NC(=O)CC1CCCCC1. The van der Waals surface area contributed by atoms with E-state index in [1.54, 1.807) is 0 Å².